The third-order valence-electron chi connectivity index (χ3n) is 5.89. The van der Waals surface area contributed by atoms with Crippen molar-refractivity contribution in [3.8, 4) is 17.4 Å². The molecule has 2 aliphatic rings. The zero-order valence-electron chi connectivity index (χ0n) is 18.6. The second-order valence-electron chi connectivity index (χ2n) is 7.97. The lowest BCUT2D eigenvalue weighted by molar-refractivity contribution is 0.0731. The number of fused-ring (bicyclic) bond motifs is 1. The maximum Gasteiger partial charge on any atom is 0.254 e. The molecule has 33 heavy (non-hydrogen) atoms. The highest BCUT2D eigenvalue weighted by Gasteiger charge is 2.28. The van der Waals surface area contributed by atoms with Gasteiger partial charge in [0, 0.05) is 31.6 Å². The van der Waals surface area contributed by atoms with Crippen molar-refractivity contribution in [1.82, 2.24) is 14.9 Å². The highest BCUT2D eigenvalue weighted by Crippen LogP contribution is 2.32. The Hall–Kier alpha value is -3.65. The number of ether oxygens (including phenoxy) is 3. The molecule has 0 radical (unpaired) electrons. The monoisotopic (exact) mass is 446 g/mol. The minimum Gasteiger partial charge on any atom is -0.497 e. The minimum atomic E-state index is -0.0359. The summed E-state index contributed by atoms with van der Waals surface area (Å²) in [4.78, 5) is 26.7. The van der Waals surface area contributed by atoms with E-state index in [1.54, 1.807) is 31.4 Å². The summed E-state index contributed by atoms with van der Waals surface area (Å²) < 4.78 is 16.9. The van der Waals surface area contributed by atoms with Crippen LogP contribution in [0.15, 0.2) is 54.6 Å². The van der Waals surface area contributed by atoms with E-state index in [4.69, 9.17) is 24.2 Å². The topological polar surface area (TPSA) is 77.0 Å². The maximum atomic E-state index is 13.2. The van der Waals surface area contributed by atoms with E-state index in [1.807, 2.05) is 35.2 Å². The fraction of sp³-hybridized carbons (Fsp3) is 0.320. The predicted molar refractivity (Wildman–Crippen MR) is 123 cm³/mol. The molecule has 2 aromatic carbocycles. The van der Waals surface area contributed by atoms with Crippen LogP contribution in [-0.2, 0) is 17.7 Å². The molecule has 0 N–H and O–H groups in total. The second-order valence-corrected chi connectivity index (χ2v) is 7.97. The van der Waals surface area contributed by atoms with Gasteiger partial charge in [0.05, 0.1) is 38.1 Å². The Bertz CT molecular complexity index is 1120. The molecule has 0 spiro atoms. The Balaban J connectivity index is 1.45. The number of carbonyl (C=O) groups excluding carboxylic acids is 1. The van der Waals surface area contributed by atoms with Crippen LogP contribution in [0, 0.1) is 0 Å². The van der Waals surface area contributed by atoms with E-state index in [-0.39, 0.29) is 5.91 Å². The van der Waals surface area contributed by atoms with E-state index in [1.165, 1.54) is 0 Å². The third-order valence-corrected chi connectivity index (χ3v) is 5.89. The van der Waals surface area contributed by atoms with Gasteiger partial charge in [0.1, 0.15) is 11.5 Å². The minimum absolute atomic E-state index is 0.0359. The van der Waals surface area contributed by atoms with E-state index < -0.39 is 0 Å². The van der Waals surface area contributed by atoms with Crippen LogP contribution in [0.2, 0.25) is 0 Å². The van der Waals surface area contributed by atoms with Gasteiger partial charge in [0.15, 0.2) is 0 Å². The number of rotatable bonds is 5. The molecule has 1 saturated heterocycles. The Morgan fingerprint density at radius 1 is 0.939 bits per heavy atom. The summed E-state index contributed by atoms with van der Waals surface area (Å²) in [5.41, 5.74) is 2.40. The van der Waals surface area contributed by atoms with Gasteiger partial charge in [-0.05, 0) is 36.4 Å². The zero-order valence-corrected chi connectivity index (χ0v) is 18.6. The number of morpholine rings is 1. The summed E-state index contributed by atoms with van der Waals surface area (Å²) in [5.74, 6) is 2.53. The van der Waals surface area contributed by atoms with Crippen LogP contribution in [0.25, 0.3) is 0 Å². The average molecular weight is 447 g/mol. The molecule has 2 aliphatic heterocycles. The van der Waals surface area contributed by atoms with Crippen molar-refractivity contribution in [2.24, 2.45) is 0 Å². The van der Waals surface area contributed by atoms with Crippen LogP contribution in [-0.4, -0.2) is 60.7 Å². The fourth-order valence-electron chi connectivity index (χ4n) is 4.05. The first-order valence-electron chi connectivity index (χ1n) is 11.1. The summed E-state index contributed by atoms with van der Waals surface area (Å²) >= 11 is 0. The van der Waals surface area contributed by atoms with Crippen molar-refractivity contribution in [3.63, 3.8) is 0 Å². The number of para-hydroxylation sites is 1. The van der Waals surface area contributed by atoms with Crippen LogP contribution in [0.5, 0.6) is 17.4 Å². The quantitative estimate of drug-likeness (QED) is 0.595. The van der Waals surface area contributed by atoms with Crippen molar-refractivity contribution in [2.75, 3.05) is 44.9 Å². The molecule has 3 aromatic rings. The van der Waals surface area contributed by atoms with E-state index in [9.17, 15) is 4.79 Å². The number of hydrogen-bond donors (Lipinski definition) is 0. The average Bonchev–Trinajstić information content (AvgIpc) is 2.89. The molecule has 0 unspecified atom stereocenters. The largest absolute Gasteiger partial charge is 0.497 e. The first-order valence-corrected chi connectivity index (χ1v) is 11.1. The molecule has 1 fully saturated rings. The van der Waals surface area contributed by atoms with E-state index in [0.717, 1.165) is 30.1 Å². The number of aromatic nitrogens is 2. The summed E-state index contributed by atoms with van der Waals surface area (Å²) in [6, 6.07) is 16.7. The van der Waals surface area contributed by atoms with Gasteiger partial charge in [0.25, 0.3) is 5.91 Å². The first kappa shape index (κ1) is 21.2. The molecule has 0 saturated carbocycles. The van der Waals surface area contributed by atoms with Crippen molar-refractivity contribution >= 4 is 11.9 Å². The Morgan fingerprint density at radius 2 is 1.70 bits per heavy atom. The van der Waals surface area contributed by atoms with Crippen LogP contribution in [0.1, 0.15) is 21.6 Å². The normalized spacial score (nSPS) is 15.7. The second kappa shape index (κ2) is 9.46. The molecule has 8 heteroatoms. The van der Waals surface area contributed by atoms with Gasteiger partial charge < -0.3 is 24.0 Å². The zero-order chi connectivity index (χ0) is 22.6. The molecular formula is C25H26N4O4. The third kappa shape index (κ3) is 4.61. The lowest BCUT2D eigenvalue weighted by Crippen LogP contribution is -2.39. The van der Waals surface area contributed by atoms with Crippen LogP contribution >= 0.6 is 0 Å². The fourth-order valence-corrected chi connectivity index (χ4v) is 4.05. The van der Waals surface area contributed by atoms with E-state index in [0.29, 0.717) is 55.9 Å². The van der Waals surface area contributed by atoms with Crippen LogP contribution in [0.4, 0.5) is 5.95 Å². The van der Waals surface area contributed by atoms with Crippen LogP contribution in [0.3, 0.4) is 0 Å². The van der Waals surface area contributed by atoms with Crippen molar-refractivity contribution in [3.05, 3.63) is 71.4 Å². The number of carbonyl (C=O) groups is 1. The van der Waals surface area contributed by atoms with E-state index in [2.05, 4.69) is 4.90 Å². The SMILES string of the molecule is COc1ccc(C(=O)N2CCc3nc(N4CCOCC4)nc(Oc4ccccc4)c3C2)cc1. The van der Waals surface area contributed by atoms with Gasteiger partial charge in [-0.3, -0.25) is 4.79 Å². The number of hydrogen-bond acceptors (Lipinski definition) is 7. The molecule has 0 bridgehead atoms. The number of amides is 1. The molecule has 3 heterocycles. The number of benzene rings is 2. The molecule has 0 atom stereocenters. The lowest BCUT2D eigenvalue weighted by Gasteiger charge is -2.32. The Morgan fingerprint density at radius 3 is 2.42 bits per heavy atom. The van der Waals surface area contributed by atoms with Gasteiger partial charge in [-0.25, -0.2) is 4.98 Å². The highest BCUT2D eigenvalue weighted by molar-refractivity contribution is 5.94. The van der Waals surface area contributed by atoms with Crippen molar-refractivity contribution in [1.29, 1.82) is 0 Å². The number of nitrogens with zero attached hydrogens (tertiary/aromatic N) is 4. The van der Waals surface area contributed by atoms with E-state index >= 15 is 0 Å². The predicted octanol–water partition coefficient (Wildman–Crippen LogP) is 3.31. The Labute approximate surface area is 192 Å². The molecule has 1 amide bonds. The van der Waals surface area contributed by atoms with Gasteiger partial charge in [-0.15, -0.1) is 0 Å². The number of methoxy groups -OCH3 is 1. The number of anilines is 1. The summed E-state index contributed by atoms with van der Waals surface area (Å²) in [7, 11) is 1.61. The van der Waals surface area contributed by atoms with Crippen LogP contribution < -0.4 is 14.4 Å². The summed E-state index contributed by atoms with van der Waals surface area (Å²) in [5, 5.41) is 0. The first-order chi connectivity index (χ1) is 16.2. The summed E-state index contributed by atoms with van der Waals surface area (Å²) in [6.07, 6.45) is 0.641. The standard InChI is InChI=1S/C25H26N4O4/c1-31-19-9-7-18(8-10-19)24(30)29-12-11-22-21(17-29)23(33-20-5-3-2-4-6-20)27-25(26-22)28-13-15-32-16-14-28/h2-10H,11-17H2,1H3. The van der Waals surface area contributed by atoms with Gasteiger partial charge in [0.2, 0.25) is 11.8 Å². The lowest BCUT2D eigenvalue weighted by atomic mass is 10.0. The molecule has 5 rings (SSSR count). The molecule has 8 nitrogen and oxygen atoms in total. The van der Waals surface area contributed by atoms with Crippen molar-refractivity contribution in [2.45, 2.75) is 13.0 Å². The smallest absolute Gasteiger partial charge is 0.254 e. The van der Waals surface area contributed by atoms with Gasteiger partial charge in [-0.2, -0.15) is 4.98 Å². The summed E-state index contributed by atoms with van der Waals surface area (Å²) in [6.45, 7) is 3.77. The molecular weight excluding hydrogens is 420 g/mol. The molecule has 170 valence electrons. The molecule has 1 aromatic heterocycles. The highest BCUT2D eigenvalue weighted by atomic mass is 16.5. The van der Waals surface area contributed by atoms with Crippen molar-refractivity contribution < 1.29 is 19.0 Å². The van der Waals surface area contributed by atoms with Gasteiger partial charge in [-0.1, -0.05) is 18.2 Å². The molecule has 0 aliphatic carbocycles. The Kier molecular flexibility index (Phi) is 6.08. The van der Waals surface area contributed by atoms with Gasteiger partial charge >= 0.3 is 0 Å². The maximum absolute atomic E-state index is 13.2.